The highest BCUT2D eigenvalue weighted by Gasteiger charge is 2.18. The van der Waals surface area contributed by atoms with Crippen molar-refractivity contribution in [1.29, 1.82) is 0 Å². The highest BCUT2D eigenvalue weighted by Crippen LogP contribution is 2.29. The Hall–Kier alpha value is -0.570. The zero-order valence-electron chi connectivity index (χ0n) is 11.6. The molecule has 1 saturated carbocycles. The topological polar surface area (TPSA) is 41.1 Å². The number of carbonyl (C=O) groups excluding carboxylic acids is 1. The fourth-order valence-electron chi connectivity index (χ4n) is 2.59. The van der Waals surface area contributed by atoms with Crippen LogP contribution in [0.1, 0.15) is 46.0 Å². The lowest BCUT2D eigenvalue weighted by atomic mass is 9.81. The van der Waals surface area contributed by atoms with E-state index in [0.29, 0.717) is 0 Å². The Labute approximate surface area is 106 Å². The molecule has 17 heavy (non-hydrogen) atoms. The third kappa shape index (κ3) is 5.53. The number of hydrogen-bond donors (Lipinski definition) is 2. The predicted octanol–water partition coefficient (Wildman–Crippen LogP) is 2.17. The fourth-order valence-corrected chi connectivity index (χ4v) is 2.59. The molecular formula is C14H28N2O. The first-order valence-electron chi connectivity index (χ1n) is 7.05. The highest BCUT2D eigenvalue weighted by molar-refractivity contribution is 5.78. The molecule has 0 aromatic heterocycles. The molecule has 1 aliphatic carbocycles. The predicted molar refractivity (Wildman–Crippen MR) is 71.8 cm³/mol. The van der Waals surface area contributed by atoms with E-state index in [1.165, 1.54) is 25.7 Å². The summed E-state index contributed by atoms with van der Waals surface area (Å²) in [6.07, 6.45) is 6.60. The number of nitrogens with one attached hydrogen (secondary N) is 2. The highest BCUT2D eigenvalue weighted by atomic mass is 16.1. The van der Waals surface area contributed by atoms with Crippen molar-refractivity contribution in [2.45, 2.75) is 46.0 Å². The molecule has 1 unspecified atom stereocenters. The second-order valence-corrected chi connectivity index (χ2v) is 5.66. The molecule has 3 nitrogen and oxygen atoms in total. The van der Waals surface area contributed by atoms with Gasteiger partial charge in [0.2, 0.25) is 5.91 Å². The van der Waals surface area contributed by atoms with E-state index < -0.39 is 0 Å². The maximum Gasteiger partial charge on any atom is 0.224 e. The van der Waals surface area contributed by atoms with Crippen LogP contribution in [0.2, 0.25) is 0 Å². The zero-order chi connectivity index (χ0) is 12.7. The summed E-state index contributed by atoms with van der Waals surface area (Å²) >= 11 is 0. The van der Waals surface area contributed by atoms with Crippen molar-refractivity contribution in [3.8, 4) is 0 Å². The molecule has 0 heterocycles. The lowest BCUT2D eigenvalue weighted by Crippen LogP contribution is -2.35. The van der Waals surface area contributed by atoms with Gasteiger partial charge in [0.05, 0.1) is 0 Å². The Morgan fingerprint density at radius 1 is 1.29 bits per heavy atom. The van der Waals surface area contributed by atoms with Gasteiger partial charge < -0.3 is 10.6 Å². The Kier molecular flexibility index (Phi) is 6.56. The van der Waals surface area contributed by atoms with Gasteiger partial charge in [-0.3, -0.25) is 4.79 Å². The standard InChI is InChI=1S/C14H28N2O/c1-11-4-6-13(7-5-11)8-9-16-14(17)12(2)10-15-3/h11-13,15H,4-10H2,1-3H3,(H,16,17). The van der Waals surface area contributed by atoms with Crippen molar-refractivity contribution in [3.05, 3.63) is 0 Å². The van der Waals surface area contributed by atoms with E-state index in [2.05, 4.69) is 17.6 Å². The van der Waals surface area contributed by atoms with Crippen molar-refractivity contribution in [2.75, 3.05) is 20.1 Å². The SMILES string of the molecule is CNCC(C)C(=O)NCCC1CCC(C)CC1. The Morgan fingerprint density at radius 2 is 1.94 bits per heavy atom. The number of amides is 1. The van der Waals surface area contributed by atoms with Crippen LogP contribution >= 0.6 is 0 Å². The van der Waals surface area contributed by atoms with Crippen molar-refractivity contribution >= 4 is 5.91 Å². The smallest absolute Gasteiger partial charge is 0.224 e. The minimum atomic E-state index is 0.0754. The summed E-state index contributed by atoms with van der Waals surface area (Å²) in [5, 5.41) is 6.08. The van der Waals surface area contributed by atoms with Gasteiger partial charge in [-0.15, -0.1) is 0 Å². The molecule has 1 atom stereocenters. The van der Waals surface area contributed by atoms with Gasteiger partial charge >= 0.3 is 0 Å². The first kappa shape index (κ1) is 14.5. The molecule has 100 valence electrons. The van der Waals surface area contributed by atoms with Gasteiger partial charge in [-0.25, -0.2) is 0 Å². The van der Waals surface area contributed by atoms with Crippen LogP contribution in [-0.4, -0.2) is 26.0 Å². The average molecular weight is 240 g/mol. The number of hydrogen-bond acceptors (Lipinski definition) is 2. The first-order valence-corrected chi connectivity index (χ1v) is 7.05. The van der Waals surface area contributed by atoms with Crippen molar-refractivity contribution in [2.24, 2.45) is 17.8 Å². The average Bonchev–Trinajstić information content (AvgIpc) is 2.32. The second-order valence-electron chi connectivity index (χ2n) is 5.66. The molecule has 0 saturated heterocycles. The van der Waals surface area contributed by atoms with E-state index in [0.717, 1.165) is 31.3 Å². The fraction of sp³-hybridized carbons (Fsp3) is 0.929. The number of rotatable bonds is 6. The van der Waals surface area contributed by atoms with Gasteiger partial charge in [0.1, 0.15) is 0 Å². The molecule has 0 aromatic rings. The molecular weight excluding hydrogens is 212 g/mol. The summed E-state index contributed by atoms with van der Waals surface area (Å²) in [6, 6.07) is 0. The van der Waals surface area contributed by atoms with Crippen LogP contribution in [0, 0.1) is 17.8 Å². The summed E-state index contributed by atoms with van der Waals surface area (Å²) in [6.45, 7) is 5.92. The Bertz CT molecular complexity index is 222. The van der Waals surface area contributed by atoms with Crippen LogP contribution in [0.5, 0.6) is 0 Å². The van der Waals surface area contributed by atoms with Crippen molar-refractivity contribution < 1.29 is 4.79 Å². The minimum Gasteiger partial charge on any atom is -0.356 e. The van der Waals surface area contributed by atoms with Crippen LogP contribution in [0.4, 0.5) is 0 Å². The van der Waals surface area contributed by atoms with Crippen LogP contribution in [0.3, 0.4) is 0 Å². The van der Waals surface area contributed by atoms with E-state index >= 15 is 0 Å². The van der Waals surface area contributed by atoms with Crippen molar-refractivity contribution in [1.82, 2.24) is 10.6 Å². The third-order valence-corrected chi connectivity index (χ3v) is 3.95. The van der Waals surface area contributed by atoms with Gasteiger partial charge in [-0.2, -0.15) is 0 Å². The van der Waals surface area contributed by atoms with Gasteiger partial charge in [-0.1, -0.05) is 39.5 Å². The zero-order valence-corrected chi connectivity index (χ0v) is 11.6. The first-order chi connectivity index (χ1) is 8.13. The van der Waals surface area contributed by atoms with Crippen LogP contribution in [0.25, 0.3) is 0 Å². The third-order valence-electron chi connectivity index (χ3n) is 3.95. The maximum absolute atomic E-state index is 11.7. The van der Waals surface area contributed by atoms with E-state index in [4.69, 9.17) is 0 Å². The maximum atomic E-state index is 11.7. The molecule has 0 aliphatic heterocycles. The van der Waals surface area contributed by atoms with Crippen LogP contribution in [0.15, 0.2) is 0 Å². The molecule has 1 fully saturated rings. The molecule has 1 rings (SSSR count). The minimum absolute atomic E-state index is 0.0754. The van der Waals surface area contributed by atoms with Crippen molar-refractivity contribution in [3.63, 3.8) is 0 Å². The summed E-state index contributed by atoms with van der Waals surface area (Å²) in [5.41, 5.74) is 0. The van der Waals surface area contributed by atoms with Crippen LogP contribution < -0.4 is 10.6 Å². The van der Waals surface area contributed by atoms with Crippen LogP contribution in [-0.2, 0) is 4.79 Å². The second kappa shape index (κ2) is 7.70. The Balaban J connectivity index is 2.09. The summed E-state index contributed by atoms with van der Waals surface area (Å²) < 4.78 is 0. The normalized spacial score (nSPS) is 26.5. The molecule has 0 spiro atoms. The van der Waals surface area contributed by atoms with Gasteiger partial charge in [0.15, 0.2) is 0 Å². The summed E-state index contributed by atoms with van der Waals surface area (Å²) in [7, 11) is 1.88. The molecule has 0 aromatic carbocycles. The quantitative estimate of drug-likeness (QED) is 0.747. The molecule has 2 N–H and O–H groups in total. The molecule has 1 amide bonds. The van der Waals surface area contributed by atoms with E-state index in [1.54, 1.807) is 0 Å². The molecule has 1 aliphatic rings. The van der Waals surface area contributed by atoms with Gasteiger partial charge in [0, 0.05) is 19.0 Å². The monoisotopic (exact) mass is 240 g/mol. The summed E-state index contributed by atoms with van der Waals surface area (Å²) in [4.78, 5) is 11.7. The lowest BCUT2D eigenvalue weighted by molar-refractivity contribution is -0.124. The Morgan fingerprint density at radius 3 is 2.53 bits per heavy atom. The summed E-state index contributed by atoms with van der Waals surface area (Å²) in [5.74, 6) is 2.01. The van der Waals surface area contributed by atoms with E-state index in [9.17, 15) is 4.79 Å². The number of carbonyl (C=O) groups is 1. The molecule has 0 bridgehead atoms. The van der Waals surface area contributed by atoms with E-state index in [1.807, 2.05) is 14.0 Å². The largest absolute Gasteiger partial charge is 0.356 e. The van der Waals surface area contributed by atoms with E-state index in [-0.39, 0.29) is 11.8 Å². The van der Waals surface area contributed by atoms with Gasteiger partial charge in [0.25, 0.3) is 0 Å². The lowest BCUT2D eigenvalue weighted by Gasteiger charge is -2.26. The molecule has 0 radical (unpaired) electrons. The molecule has 3 heteroatoms. The van der Waals surface area contributed by atoms with Gasteiger partial charge in [-0.05, 0) is 25.3 Å².